The summed E-state index contributed by atoms with van der Waals surface area (Å²) < 4.78 is 0. The molecule has 2 nitrogen and oxygen atoms in total. The van der Waals surface area contributed by atoms with Gasteiger partial charge in [-0.2, -0.15) is 0 Å². The first-order valence-electron chi connectivity index (χ1n) is 4.64. The number of Topliss-reactive ketones (excluding diaryl/α,β-unsaturated/α-hetero) is 1. The average molecular weight is 228 g/mol. The summed E-state index contributed by atoms with van der Waals surface area (Å²) in [5.41, 5.74) is 0.488. The van der Waals surface area contributed by atoms with E-state index >= 15 is 0 Å². The predicted molar refractivity (Wildman–Crippen MR) is 63.6 cm³/mol. The van der Waals surface area contributed by atoms with E-state index in [9.17, 15) is 4.79 Å². The minimum absolute atomic E-state index is 0.141. The second kappa shape index (κ2) is 4.65. The van der Waals surface area contributed by atoms with E-state index in [1.807, 2.05) is 17.5 Å². The standard InChI is InChI=1S/C13H8O2S/c14-11-5-3-10(4-6-11)13(15)8-7-12-2-1-9-16-12/h1-6,9,14H. The summed E-state index contributed by atoms with van der Waals surface area (Å²) in [4.78, 5) is 12.5. The van der Waals surface area contributed by atoms with Gasteiger partial charge in [-0.25, -0.2) is 0 Å². The third-order valence-electron chi connectivity index (χ3n) is 1.95. The van der Waals surface area contributed by atoms with Crippen LogP contribution in [0.2, 0.25) is 0 Å². The van der Waals surface area contributed by atoms with Crippen LogP contribution >= 0.6 is 11.3 Å². The van der Waals surface area contributed by atoms with Gasteiger partial charge in [-0.1, -0.05) is 6.07 Å². The zero-order valence-electron chi connectivity index (χ0n) is 8.31. The summed E-state index contributed by atoms with van der Waals surface area (Å²) in [5, 5.41) is 11.0. The number of carbonyl (C=O) groups is 1. The van der Waals surface area contributed by atoms with Crippen molar-refractivity contribution in [2.24, 2.45) is 0 Å². The van der Waals surface area contributed by atoms with Crippen LogP contribution in [0.3, 0.4) is 0 Å². The van der Waals surface area contributed by atoms with Crippen LogP contribution < -0.4 is 0 Å². The van der Waals surface area contributed by atoms with Crippen LogP contribution in [-0.4, -0.2) is 10.9 Å². The molecule has 0 saturated carbocycles. The minimum atomic E-state index is -0.242. The molecule has 0 spiro atoms. The second-order valence-corrected chi connectivity index (χ2v) is 4.05. The van der Waals surface area contributed by atoms with Crippen LogP contribution in [-0.2, 0) is 0 Å². The highest BCUT2D eigenvalue weighted by Crippen LogP contribution is 2.10. The minimum Gasteiger partial charge on any atom is -0.508 e. The van der Waals surface area contributed by atoms with Crippen molar-refractivity contribution in [3.8, 4) is 17.6 Å². The molecule has 2 aromatic rings. The Balaban J connectivity index is 2.17. The van der Waals surface area contributed by atoms with Crippen molar-refractivity contribution in [2.45, 2.75) is 0 Å². The van der Waals surface area contributed by atoms with Gasteiger partial charge in [-0.3, -0.25) is 4.79 Å². The van der Waals surface area contributed by atoms with Crippen LogP contribution in [0.25, 0.3) is 0 Å². The van der Waals surface area contributed by atoms with Gasteiger partial charge in [0.25, 0.3) is 0 Å². The highest BCUT2D eigenvalue weighted by Gasteiger charge is 2.01. The Morgan fingerprint density at radius 1 is 1.19 bits per heavy atom. The molecule has 1 aromatic heterocycles. The molecule has 0 saturated heterocycles. The molecular formula is C13H8O2S. The number of benzene rings is 1. The van der Waals surface area contributed by atoms with Crippen molar-refractivity contribution in [3.63, 3.8) is 0 Å². The Kier molecular flexibility index (Phi) is 3.04. The van der Waals surface area contributed by atoms with Crippen LogP contribution in [0.15, 0.2) is 41.8 Å². The summed E-state index contributed by atoms with van der Waals surface area (Å²) in [6.07, 6.45) is 0. The van der Waals surface area contributed by atoms with Crippen LogP contribution in [0.5, 0.6) is 5.75 Å². The number of phenolic OH excluding ortho intramolecular Hbond substituents is 1. The first kappa shape index (κ1) is 10.5. The van der Waals surface area contributed by atoms with Gasteiger partial charge < -0.3 is 5.11 Å². The van der Waals surface area contributed by atoms with Gasteiger partial charge >= 0.3 is 0 Å². The van der Waals surface area contributed by atoms with Crippen molar-refractivity contribution in [1.29, 1.82) is 0 Å². The smallest absolute Gasteiger partial charge is 0.236 e. The van der Waals surface area contributed by atoms with Gasteiger partial charge in [0, 0.05) is 5.56 Å². The Morgan fingerprint density at radius 2 is 1.94 bits per heavy atom. The number of aromatic hydroxyl groups is 1. The molecule has 0 unspecified atom stereocenters. The fraction of sp³-hybridized carbons (Fsp3) is 0. The van der Waals surface area contributed by atoms with Gasteiger partial charge in [0.1, 0.15) is 5.75 Å². The monoisotopic (exact) mass is 228 g/mol. The van der Waals surface area contributed by atoms with E-state index in [0.717, 1.165) is 4.88 Å². The molecule has 1 heterocycles. The predicted octanol–water partition coefficient (Wildman–Crippen LogP) is 2.69. The van der Waals surface area contributed by atoms with Crippen LogP contribution in [0, 0.1) is 11.8 Å². The average Bonchev–Trinajstić information content (AvgIpc) is 2.80. The first-order chi connectivity index (χ1) is 7.75. The summed E-state index contributed by atoms with van der Waals surface area (Å²) in [7, 11) is 0. The third-order valence-corrected chi connectivity index (χ3v) is 2.74. The van der Waals surface area contributed by atoms with Crippen LogP contribution in [0.4, 0.5) is 0 Å². The van der Waals surface area contributed by atoms with Gasteiger partial charge in [0.15, 0.2) is 0 Å². The Labute approximate surface area is 97.2 Å². The normalized spacial score (nSPS) is 9.25. The lowest BCUT2D eigenvalue weighted by molar-refractivity contribution is 0.105. The van der Waals surface area contributed by atoms with E-state index in [4.69, 9.17) is 5.11 Å². The van der Waals surface area contributed by atoms with Gasteiger partial charge in [-0.15, -0.1) is 11.3 Å². The van der Waals surface area contributed by atoms with Gasteiger partial charge in [0.2, 0.25) is 5.78 Å². The summed E-state index contributed by atoms with van der Waals surface area (Å²) in [6, 6.07) is 9.81. The van der Waals surface area contributed by atoms with Crippen molar-refractivity contribution in [3.05, 3.63) is 52.2 Å². The molecule has 0 bridgehead atoms. The quantitative estimate of drug-likeness (QED) is 0.602. The molecule has 78 valence electrons. The van der Waals surface area contributed by atoms with E-state index in [-0.39, 0.29) is 11.5 Å². The topological polar surface area (TPSA) is 37.3 Å². The molecule has 2 rings (SSSR count). The molecule has 1 N–H and O–H groups in total. The van der Waals surface area contributed by atoms with Crippen molar-refractivity contribution < 1.29 is 9.90 Å². The van der Waals surface area contributed by atoms with Crippen molar-refractivity contribution in [1.82, 2.24) is 0 Å². The second-order valence-electron chi connectivity index (χ2n) is 3.10. The molecule has 3 heteroatoms. The lowest BCUT2D eigenvalue weighted by atomic mass is 10.1. The maximum Gasteiger partial charge on any atom is 0.236 e. The van der Waals surface area contributed by atoms with Crippen LogP contribution in [0.1, 0.15) is 15.2 Å². The SMILES string of the molecule is O=C(C#Cc1cccs1)c1ccc(O)cc1. The maximum absolute atomic E-state index is 11.6. The molecule has 0 fully saturated rings. The fourth-order valence-corrected chi connectivity index (χ4v) is 1.72. The van der Waals surface area contributed by atoms with E-state index in [1.165, 1.54) is 23.5 Å². The van der Waals surface area contributed by atoms with E-state index in [0.29, 0.717) is 5.56 Å². The van der Waals surface area contributed by atoms with Crippen molar-refractivity contribution >= 4 is 17.1 Å². The summed E-state index contributed by atoms with van der Waals surface area (Å²) >= 11 is 1.50. The number of phenols is 1. The lowest BCUT2D eigenvalue weighted by Crippen LogP contribution is -1.93. The molecule has 0 atom stereocenters. The molecule has 0 amide bonds. The zero-order chi connectivity index (χ0) is 11.4. The Bertz CT molecular complexity index is 542. The number of hydrogen-bond acceptors (Lipinski definition) is 3. The number of ketones is 1. The van der Waals surface area contributed by atoms with Crippen molar-refractivity contribution in [2.75, 3.05) is 0 Å². The fourth-order valence-electron chi connectivity index (χ4n) is 1.15. The summed E-state index contributed by atoms with van der Waals surface area (Å²) in [5.74, 6) is 5.25. The molecule has 0 aliphatic heterocycles. The molecule has 0 radical (unpaired) electrons. The molecular weight excluding hydrogens is 220 g/mol. The number of rotatable bonds is 1. The Hall–Kier alpha value is -2.05. The molecule has 16 heavy (non-hydrogen) atoms. The molecule has 0 aliphatic rings. The Morgan fingerprint density at radius 3 is 2.56 bits per heavy atom. The lowest BCUT2D eigenvalue weighted by Gasteiger charge is -1.93. The summed E-state index contributed by atoms with van der Waals surface area (Å²) in [6.45, 7) is 0. The number of carbonyl (C=O) groups excluding carboxylic acids is 1. The highest BCUT2D eigenvalue weighted by atomic mass is 32.1. The third kappa shape index (κ3) is 2.50. The first-order valence-corrected chi connectivity index (χ1v) is 5.52. The van der Waals surface area contributed by atoms with Gasteiger partial charge in [-0.05, 0) is 47.6 Å². The zero-order valence-corrected chi connectivity index (χ0v) is 9.12. The number of hydrogen-bond donors (Lipinski definition) is 1. The van der Waals surface area contributed by atoms with E-state index in [1.54, 1.807) is 12.1 Å². The van der Waals surface area contributed by atoms with E-state index in [2.05, 4.69) is 11.8 Å². The molecule has 0 aliphatic carbocycles. The van der Waals surface area contributed by atoms with E-state index < -0.39 is 0 Å². The maximum atomic E-state index is 11.6. The number of thiophene rings is 1. The largest absolute Gasteiger partial charge is 0.508 e. The highest BCUT2D eigenvalue weighted by molar-refractivity contribution is 7.10. The molecule has 1 aromatic carbocycles. The van der Waals surface area contributed by atoms with Gasteiger partial charge in [0.05, 0.1) is 4.88 Å².